The smallest absolute Gasteiger partial charge is 0.222 e. The molecule has 2 aromatic heterocycles. The average Bonchev–Trinajstić information content (AvgIpc) is 2.89. The van der Waals surface area contributed by atoms with Crippen LogP contribution in [0, 0.1) is 13.1 Å². The van der Waals surface area contributed by atoms with Crippen LogP contribution in [0.15, 0.2) is 73.1 Å². The Hall–Kier alpha value is -4.63. The molecule has 0 aliphatic rings. The van der Waals surface area contributed by atoms with Crippen LogP contribution >= 0.6 is 23.2 Å². The maximum Gasteiger partial charge on any atom is 0.222 e. The number of aromatic nitrogens is 4. The molecule has 0 radical (unpaired) electrons. The number of halogens is 2. The number of hydrogen-bond donors (Lipinski definition) is 1. The van der Waals surface area contributed by atoms with Crippen molar-refractivity contribution in [1.29, 1.82) is 0 Å². The molecule has 2 heterocycles. The minimum atomic E-state index is -0.102. The molecule has 4 rings (SSSR count). The maximum atomic E-state index is 12.0. The molecule has 176 valence electrons. The lowest BCUT2D eigenvalue weighted by atomic mass is 10.1. The number of carbonyl (C=O) groups is 1. The number of rotatable bonds is 5. The normalized spacial score (nSPS) is 10.4. The summed E-state index contributed by atoms with van der Waals surface area (Å²) >= 11 is 11.3. The van der Waals surface area contributed by atoms with Gasteiger partial charge in [-0.3, -0.25) is 4.79 Å². The lowest BCUT2D eigenvalue weighted by Gasteiger charge is -2.01. The minimum absolute atomic E-state index is 0.0234. The van der Waals surface area contributed by atoms with Crippen LogP contribution in [0.1, 0.15) is 27.3 Å². The molecule has 0 amide bonds. The fraction of sp³-hybridized carbons (Fsp3) is 0.0385. The molecule has 36 heavy (non-hydrogen) atoms. The second kappa shape index (κ2) is 12.7. The topological polar surface area (TPSA) is 97.6 Å². The van der Waals surface area contributed by atoms with Crippen LogP contribution < -0.4 is 0 Å². The van der Waals surface area contributed by atoms with Crippen LogP contribution in [0.2, 0.25) is 10.6 Å². The van der Waals surface area contributed by atoms with E-state index in [4.69, 9.17) is 36.3 Å². The number of ketones is 1. The van der Waals surface area contributed by atoms with Crippen molar-refractivity contribution in [2.45, 2.75) is 6.42 Å². The molecule has 10 heteroatoms. The number of carbonyl (C=O) groups excluding carboxylic acids is 1. The number of Topliss-reactive ketones (excluding diaryl/α,β-unsaturated/α-hetero) is 1. The number of aliphatic hydroxyl groups is 1. The van der Waals surface area contributed by atoms with E-state index in [1.807, 2.05) is 0 Å². The molecule has 0 spiro atoms. The summed E-state index contributed by atoms with van der Waals surface area (Å²) in [4.78, 5) is 34.0. The van der Waals surface area contributed by atoms with Gasteiger partial charge in [-0.05, 0) is 47.5 Å². The zero-order chi connectivity index (χ0) is 25.9. The van der Waals surface area contributed by atoms with Gasteiger partial charge in [-0.15, -0.1) is 0 Å². The summed E-state index contributed by atoms with van der Waals surface area (Å²) in [7, 11) is 0. The van der Waals surface area contributed by atoms with Gasteiger partial charge in [-0.25, -0.2) is 29.6 Å². The van der Waals surface area contributed by atoms with Crippen molar-refractivity contribution in [3.63, 3.8) is 0 Å². The summed E-state index contributed by atoms with van der Waals surface area (Å²) in [5, 5.41) is 10.2. The third kappa shape index (κ3) is 7.71. The van der Waals surface area contributed by atoms with Gasteiger partial charge in [0.2, 0.25) is 10.6 Å². The minimum Gasteiger partial charge on any atom is -0.507 e. The second-order valence-corrected chi connectivity index (χ2v) is 7.70. The van der Waals surface area contributed by atoms with Gasteiger partial charge in [0, 0.05) is 29.6 Å². The van der Waals surface area contributed by atoms with Crippen molar-refractivity contribution in [1.82, 2.24) is 19.9 Å². The van der Waals surface area contributed by atoms with E-state index in [0.29, 0.717) is 33.9 Å². The molecule has 0 aliphatic heterocycles. The largest absolute Gasteiger partial charge is 0.507 e. The summed E-state index contributed by atoms with van der Waals surface area (Å²) < 4.78 is 0. The zero-order valence-electron chi connectivity index (χ0n) is 18.5. The second-order valence-electron chi connectivity index (χ2n) is 7.02. The molecule has 0 saturated heterocycles. The molecule has 0 fully saturated rings. The van der Waals surface area contributed by atoms with Gasteiger partial charge < -0.3 is 5.11 Å². The molecule has 0 saturated carbocycles. The van der Waals surface area contributed by atoms with E-state index in [0.717, 1.165) is 0 Å². The number of aliphatic hydroxyl groups excluding tert-OH is 1. The first kappa shape index (κ1) is 26.0. The molecule has 1 N–H and O–H groups in total. The molecular weight excluding hydrogens is 499 g/mol. The Kier molecular flexibility index (Phi) is 9.19. The van der Waals surface area contributed by atoms with Crippen LogP contribution in [0.25, 0.3) is 21.5 Å². The van der Waals surface area contributed by atoms with Gasteiger partial charge in [0.25, 0.3) is 0 Å². The van der Waals surface area contributed by atoms with Crippen LogP contribution in [0.5, 0.6) is 0 Å². The van der Waals surface area contributed by atoms with E-state index in [1.165, 1.54) is 18.5 Å². The van der Waals surface area contributed by atoms with Crippen LogP contribution in [0.3, 0.4) is 0 Å². The number of nitrogens with zero attached hydrogens (tertiary/aromatic N) is 6. The molecular formula is C26H16Cl2N6O2. The molecule has 4 aromatic rings. The van der Waals surface area contributed by atoms with Crippen LogP contribution in [-0.4, -0.2) is 30.8 Å². The summed E-state index contributed by atoms with van der Waals surface area (Å²) in [6, 6.07) is 16.6. The highest BCUT2D eigenvalue weighted by molar-refractivity contribution is 6.28. The molecule has 0 unspecified atom stereocenters. The van der Waals surface area contributed by atoms with Gasteiger partial charge in [0.15, 0.2) is 17.2 Å². The third-order valence-corrected chi connectivity index (χ3v) is 4.89. The monoisotopic (exact) mass is 514 g/mol. The lowest BCUT2D eigenvalue weighted by molar-refractivity contribution is 0.0992. The van der Waals surface area contributed by atoms with Crippen molar-refractivity contribution in [2.75, 3.05) is 0 Å². The quantitative estimate of drug-likeness (QED) is 0.135. The molecule has 8 nitrogen and oxygen atoms in total. The fourth-order valence-electron chi connectivity index (χ4n) is 2.87. The predicted molar refractivity (Wildman–Crippen MR) is 138 cm³/mol. The SMILES string of the molecule is [C-]#[N+]c1cccc(/C(O)=C\c2ccnc(Cl)n2)c1.[C-]#[N+]c1cccc(C(=O)Cc2ccnc(Cl)n2)c1. The average molecular weight is 515 g/mol. The van der Waals surface area contributed by atoms with E-state index in [-0.39, 0.29) is 28.5 Å². The highest BCUT2D eigenvalue weighted by atomic mass is 35.5. The summed E-state index contributed by atoms with van der Waals surface area (Å²) in [6.45, 7) is 13.8. The fourth-order valence-corrected chi connectivity index (χ4v) is 3.19. The van der Waals surface area contributed by atoms with Crippen molar-refractivity contribution < 1.29 is 9.90 Å². The zero-order valence-corrected chi connectivity index (χ0v) is 20.0. The maximum absolute atomic E-state index is 12.0. The first-order chi connectivity index (χ1) is 17.4. The molecule has 2 aromatic carbocycles. The van der Waals surface area contributed by atoms with Gasteiger partial charge in [0.05, 0.1) is 31.0 Å². The van der Waals surface area contributed by atoms with Crippen LogP contribution in [0.4, 0.5) is 11.4 Å². The van der Waals surface area contributed by atoms with E-state index >= 15 is 0 Å². The van der Waals surface area contributed by atoms with E-state index in [1.54, 1.807) is 60.7 Å². The lowest BCUT2D eigenvalue weighted by Crippen LogP contribution is -2.05. The summed E-state index contributed by atoms with van der Waals surface area (Å²) in [5.41, 5.74) is 3.03. The Morgan fingerprint density at radius 3 is 2.06 bits per heavy atom. The van der Waals surface area contributed by atoms with Gasteiger partial charge >= 0.3 is 0 Å². The molecule has 0 bridgehead atoms. The number of hydrogen-bond acceptors (Lipinski definition) is 6. The molecule has 0 atom stereocenters. The third-order valence-electron chi connectivity index (χ3n) is 4.53. The summed E-state index contributed by atoms with van der Waals surface area (Å²) in [5.74, 6) is -0.0782. The van der Waals surface area contributed by atoms with Gasteiger partial charge in [-0.1, -0.05) is 36.4 Å². The van der Waals surface area contributed by atoms with E-state index in [9.17, 15) is 9.90 Å². The predicted octanol–water partition coefficient (Wildman–Crippen LogP) is 6.84. The Bertz CT molecular complexity index is 1510. The standard InChI is InChI=1S/2C13H8ClN3O/c2*1-15-10-4-2-3-9(7-10)12(18)8-11-5-6-16-13(14)17-11/h2-7H,8H2;2-8,18H/b;12-8+. The van der Waals surface area contributed by atoms with E-state index < -0.39 is 0 Å². The van der Waals surface area contributed by atoms with Gasteiger partial charge in [-0.2, -0.15) is 0 Å². The summed E-state index contributed by atoms with van der Waals surface area (Å²) in [6.07, 6.45) is 4.62. The highest BCUT2D eigenvalue weighted by Gasteiger charge is 2.09. The first-order valence-electron chi connectivity index (χ1n) is 10.2. The first-order valence-corrected chi connectivity index (χ1v) is 11.0. The van der Waals surface area contributed by atoms with Crippen molar-refractivity contribution >= 4 is 52.2 Å². The van der Waals surface area contributed by atoms with Crippen LogP contribution in [-0.2, 0) is 6.42 Å². The Labute approximate surface area is 217 Å². The van der Waals surface area contributed by atoms with Gasteiger partial charge in [0.1, 0.15) is 5.76 Å². The number of benzene rings is 2. The molecule has 0 aliphatic carbocycles. The van der Waals surface area contributed by atoms with E-state index in [2.05, 4.69) is 29.6 Å². The highest BCUT2D eigenvalue weighted by Crippen LogP contribution is 2.20. The van der Waals surface area contributed by atoms with Crippen molar-refractivity contribution in [3.8, 4) is 0 Å². The Balaban J connectivity index is 0.000000201. The Morgan fingerprint density at radius 1 is 0.861 bits per heavy atom. The Morgan fingerprint density at radius 2 is 1.44 bits per heavy atom. The van der Waals surface area contributed by atoms with Crippen molar-refractivity contribution in [3.05, 3.63) is 129 Å². The van der Waals surface area contributed by atoms with Crippen molar-refractivity contribution in [2.24, 2.45) is 0 Å².